The third-order valence-corrected chi connectivity index (χ3v) is 3.07. The molecule has 0 atom stereocenters. The molecule has 0 heterocycles. The SMILES string of the molecule is O=S(=O)([O-])CC(F)(F)C(F)(F)C(F)(F)C(F)(F)C(F)(F)C(F)(F)F.[Na+]. The Balaban J connectivity index is 0. The van der Waals surface area contributed by atoms with Gasteiger partial charge in [-0.25, -0.2) is 8.42 Å². The van der Waals surface area contributed by atoms with Crippen molar-refractivity contribution in [1.82, 2.24) is 0 Å². The Morgan fingerprint density at radius 3 is 1.12 bits per heavy atom. The first-order valence-corrected chi connectivity index (χ1v) is 6.43. The fraction of sp³-hybridized carbons (Fsp3) is 1.00. The van der Waals surface area contributed by atoms with Crippen molar-refractivity contribution in [3.63, 3.8) is 0 Å². The minimum Gasteiger partial charge on any atom is -0.748 e. The van der Waals surface area contributed by atoms with Crippen LogP contribution in [0.15, 0.2) is 0 Å². The Hall–Kier alpha value is -0.000000000000000444. The van der Waals surface area contributed by atoms with E-state index in [-0.39, 0.29) is 29.6 Å². The Morgan fingerprint density at radius 1 is 0.600 bits per heavy atom. The van der Waals surface area contributed by atoms with Crippen LogP contribution in [0.3, 0.4) is 0 Å². The Morgan fingerprint density at radius 2 is 0.880 bits per heavy atom. The van der Waals surface area contributed by atoms with Crippen molar-refractivity contribution in [1.29, 1.82) is 0 Å². The second kappa shape index (κ2) is 6.87. The van der Waals surface area contributed by atoms with E-state index < -0.39 is 51.7 Å². The number of hydrogen-bond donors (Lipinski definition) is 0. The van der Waals surface area contributed by atoms with Crippen LogP contribution >= 0.6 is 0 Å². The first-order valence-electron chi connectivity index (χ1n) is 4.85. The molecular weight excluding hydrogens is 434 g/mol. The quantitative estimate of drug-likeness (QED) is 0.342. The van der Waals surface area contributed by atoms with Gasteiger partial charge in [-0.2, -0.15) is 57.1 Å². The third-order valence-electron chi connectivity index (χ3n) is 2.36. The van der Waals surface area contributed by atoms with Crippen LogP contribution in [0.2, 0.25) is 0 Å². The number of rotatable bonds is 6. The van der Waals surface area contributed by atoms with E-state index in [1.807, 2.05) is 0 Å². The molecule has 0 radical (unpaired) electrons. The van der Waals surface area contributed by atoms with E-state index in [0.29, 0.717) is 0 Å². The zero-order valence-corrected chi connectivity index (χ0v) is 14.1. The van der Waals surface area contributed by atoms with Crippen LogP contribution in [-0.4, -0.2) is 54.5 Å². The molecule has 0 aromatic rings. The van der Waals surface area contributed by atoms with Gasteiger partial charge in [0.1, 0.15) is 15.9 Å². The third kappa shape index (κ3) is 4.47. The van der Waals surface area contributed by atoms with Crippen molar-refractivity contribution < 1.29 is 99.6 Å². The van der Waals surface area contributed by atoms with E-state index >= 15 is 0 Å². The summed E-state index contributed by atoms with van der Waals surface area (Å²) >= 11 is 0. The van der Waals surface area contributed by atoms with Crippen LogP contribution in [0.4, 0.5) is 57.1 Å². The van der Waals surface area contributed by atoms with Gasteiger partial charge in [0.05, 0.1) is 0 Å². The topological polar surface area (TPSA) is 57.2 Å². The summed E-state index contributed by atoms with van der Waals surface area (Å²) in [7, 11) is -6.50. The maximum atomic E-state index is 12.8. The normalized spacial score (nSPS) is 15.8. The predicted molar refractivity (Wildman–Crippen MR) is 45.4 cm³/mol. The molecule has 0 saturated heterocycles. The number of alkyl halides is 13. The standard InChI is InChI=1S/C7H3F13O3S.Na/c8-2(9,1-24(21,22)23)3(10,11)4(12,13)5(14,15)6(16,17)7(18,19)20;/h1H2,(H,21,22,23);/q;+1/p-1. The number of hydrogen-bond acceptors (Lipinski definition) is 3. The molecule has 0 spiro atoms. The fourth-order valence-electron chi connectivity index (χ4n) is 1.11. The predicted octanol–water partition coefficient (Wildman–Crippen LogP) is 0.274. The Bertz CT molecular complexity index is 581. The molecule has 0 bridgehead atoms. The summed E-state index contributed by atoms with van der Waals surface area (Å²) in [6.45, 7) is 0. The van der Waals surface area contributed by atoms with Crippen molar-refractivity contribution in [3.05, 3.63) is 0 Å². The van der Waals surface area contributed by atoms with Crippen molar-refractivity contribution in [2.45, 2.75) is 35.8 Å². The van der Waals surface area contributed by atoms with Crippen molar-refractivity contribution in [2.24, 2.45) is 0 Å². The van der Waals surface area contributed by atoms with E-state index in [0.717, 1.165) is 0 Å². The Labute approximate surface area is 151 Å². The zero-order valence-electron chi connectivity index (χ0n) is 11.3. The van der Waals surface area contributed by atoms with Gasteiger partial charge in [0.2, 0.25) is 0 Å². The van der Waals surface area contributed by atoms with Gasteiger partial charge in [0.25, 0.3) is 0 Å². The molecule has 25 heavy (non-hydrogen) atoms. The summed E-state index contributed by atoms with van der Waals surface area (Å²) in [6.07, 6.45) is -7.56. The monoisotopic (exact) mass is 436 g/mol. The number of halogens is 13. The Kier molecular flexibility index (Phi) is 7.48. The molecule has 0 amide bonds. The van der Waals surface area contributed by atoms with Gasteiger partial charge in [0.15, 0.2) is 0 Å². The minimum absolute atomic E-state index is 0. The molecule has 0 N–H and O–H groups in total. The van der Waals surface area contributed by atoms with Crippen LogP contribution in [0.1, 0.15) is 0 Å². The summed E-state index contributed by atoms with van der Waals surface area (Å²) in [5.41, 5.74) is 0. The van der Waals surface area contributed by atoms with E-state index in [4.69, 9.17) is 0 Å². The molecule has 0 fully saturated rings. The van der Waals surface area contributed by atoms with Gasteiger partial charge < -0.3 is 4.55 Å². The molecule has 0 unspecified atom stereocenters. The summed E-state index contributed by atoms with van der Waals surface area (Å²) < 4.78 is 192. The summed E-state index contributed by atoms with van der Waals surface area (Å²) in [5.74, 6) is -42.6. The van der Waals surface area contributed by atoms with Crippen molar-refractivity contribution >= 4 is 10.1 Å². The molecule has 146 valence electrons. The molecular formula is C7H2F13NaO3S. The summed E-state index contributed by atoms with van der Waals surface area (Å²) in [6, 6.07) is 0. The molecule has 0 rings (SSSR count). The van der Waals surface area contributed by atoms with Gasteiger partial charge >= 0.3 is 65.3 Å². The molecule has 0 aliphatic rings. The van der Waals surface area contributed by atoms with E-state index in [2.05, 4.69) is 0 Å². The van der Waals surface area contributed by atoms with Crippen LogP contribution in [0.5, 0.6) is 0 Å². The van der Waals surface area contributed by atoms with Crippen LogP contribution in [0.25, 0.3) is 0 Å². The van der Waals surface area contributed by atoms with Gasteiger partial charge in [-0.3, -0.25) is 0 Å². The summed E-state index contributed by atoms with van der Waals surface area (Å²) in [5, 5.41) is 0. The molecule has 0 saturated carbocycles. The molecule has 0 aromatic carbocycles. The smallest absolute Gasteiger partial charge is 0.748 e. The van der Waals surface area contributed by atoms with Crippen LogP contribution in [-0.2, 0) is 10.1 Å². The first-order chi connectivity index (χ1) is 9.96. The van der Waals surface area contributed by atoms with Gasteiger partial charge in [-0.05, 0) is 0 Å². The van der Waals surface area contributed by atoms with Gasteiger partial charge in [-0.1, -0.05) is 0 Å². The largest absolute Gasteiger partial charge is 1.00 e. The van der Waals surface area contributed by atoms with E-state index in [9.17, 15) is 70.0 Å². The second-order valence-electron chi connectivity index (χ2n) is 4.20. The fourth-order valence-corrected chi connectivity index (χ4v) is 1.74. The van der Waals surface area contributed by atoms with E-state index in [1.54, 1.807) is 0 Å². The molecule has 18 heteroatoms. The van der Waals surface area contributed by atoms with Crippen LogP contribution < -0.4 is 29.6 Å². The van der Waals surface area contributed by atoms with E-state index in [1.165, 1.54) is 0 Å². The van der Waals surface area contributed by atoms with Crippen LogP contribution in [0, 0.1) is 0 Å². The average molecular weight is 436 g/mol. The van der Waals surface area contributed by atoms with Crippen molar-refractivity contribution in [3.8, 4) is 0 Å². The first kappa shape index (κ1) is 27.2. The molecule has 0 aliphatic carbocycles. The maximum absolute atomic E-state index is 12.8. The molecule has 0 aromatic heterocycles. The van der Waals surface area contributed by atoms with Gasteiger partial charge in [-0.15, -0.1) is 0 Å². The molecule has 3 nitrogen and oxygen atoms in total. The second-order valence-corrected chi connectivity index (χ2v) is 5.61. The maximum Gasteiger partial charge on any atom is 1.00 e. The van der Waals surface area contributed by atoms with Gasteiger partial charge in [0, 0.05) is 0 Å². The molecule has 0 aliphatic heterocycles. The summed E-state index contributed by atoms with van der Waals surface area (Å²) in [4.78, 5) is 0. The zero-order chi connectivity index (χ0) is 20.2. The van der Waals surface area contributed by atoms with Crippen molar-refractivity contribution in [2.75, 3.05) is 5.75 Å². The minimum atomic E-state index is -8.13. The average Bonchev–Trinajstić information content (AvgIpc) is 2.22.